The first-order chi connectivity index (χ1) is 4.50. The van der Waals surface area contributed by atoms with E-state index in [2.05, 4.69) is 25.8 Å². The summed E-state index contributed by atoms with van der Waals surface area (Å²) >= 11 is 0. The Hall–Kier alpha value is -0.920. The monoisotopic (exact) mass is 138 g/mol. The normalized spacial score (nSPS) is 11.9. The minimum atomic E-state index is 0.178. The van der Waals surface area contributed by atoms with Crippen molar-refractivity contribution in [3.63, 3.8) is 0 Å². The molecule has 0 bridgehead atoms. The van der Waals surface area contributed by atoms with Crippen LogP contribution in [0.25, 0.3) is 0 Å². The van der Waals surface area contributed by atoms with Gasteiger partial charge in [0.1, 0.15) is 5.82 Å². The summed E-state index contributed by atoms with van der Waals surface area (Å²) in [5.41, 5.74) is 6.88. The average molecular weight is 138 g/mol. The van der Waals surface area contributed by atoms with Crippen molar-refractivity contribution >= 4 is 5.82 Å². The van der Waals surface area contributed by atoms with Gasteiger partial charge >= 0.3 is 0 Å². The molecule has 0 aliphatic heterocycles. The Morgan fingerprint density at radius 1 is 1.30 bits per heavy atom. The second kappa shape index (κ2) is 2.04. The minimum Gasteiger partial charge on any atom is -0.385 e. The summed E-state index contributed by atoms with van der Waals surface area (Å²) in [7, 11) is 0. The van der Waals surface area contributed by atoms with Gasteiger partial charge in [-0.25, -0.2) is 0 Å². The van der Waals surface area contributed by atoms with E-state index in [1.807, 2.05) is 12.1 Å². The first-order valence-electron chi connectivity index (χ1n) is 3.45. The van der Waals surface area contributed by atoms with Gasteiger partial charge in [-0.15, -0.1) is 0 Å². The van der Waals surface area contributed by atoms with E-state index in [9.17, 15) is 0 Å². The molecule has 2 heteroatoms. The number of H-pyrrole nitrogens is 1. The Kier molecular flexibility index (Phi) is 1.47. The molecule has 0 aliphatic rings. The fourth-order valence-corrected chi connectivity index (χ4v) is 0.849. The zero-order valence-corrected chi connectivity index (χ0v) is 6.73. The Labute approximate surface area is 61.4 Å². The van der Waals surface area contributed by atoms with Crippen molar-refractivity contribution in [2.45, 2.75) is 26.2 Å². The van der Waals surface area contributed by atoms with Gasteiger partial charge in [-0.2, -0.15) is 0 Å². The lowest BCUT2D eigenvalue weighted by atomic mass is 9.93. The largest absolute Gasteiger partial charge is 0.385 e. The van der Waals surface area contributed by atoms with E-state index in [0.717, 1.165) is 5.82 Å². The molecular formula is C8H14N2. The van der Waals surface area contributed by atoms with Crippen LogP contribution in [0.3, 0.4) is 0 Å². The molecule has 0 spiro atoms. The fraction of sp³-hybridized carbons (Fsp3) is 0.500. The topological polar surface area (TPSA) is 41.8 Å². The predicted molar refractivity (Wildman–Crippen MR) is 43.9 cm³/mol. The molecule has 1 aromatic rings. The van der Waals surface area contributed by atoms with E-state index in [1.54, 1.807) is 0 Å². The summed E-state index contributed by atoms with van der Waals surface area (Å²) < 4.78 is 0. The maximum Gasteiger partial charge on any atom is 0.100 e. The van der Waals surface area contributed by atoms with Crippen LogP contribution >= 0.6 is 0 Å². The molecule has 1 heterocycles. The number of aromatic nitrogens is 1. The molecule has 1 rings (SSSR count). The van der Waals surface area contributed by atoms with Crippen molar-refractivity contribution in [1.82, 2.24) is 4.98 Å². The van der Waals surface area contributed by atoms with E-state index in [4.69, 9.17) is 5.73 Å². The van der Waals surface area contributed by atoms with E-state index in [0.29, 0.717) is 0 Å². The van der Waals surface area contributed by atoms with Crippen molar-refractivity contribution in [3.8, 4) is 0 Å². The number of nitrogens with one attached hydrogen (secondary N) is 1. The molecule has 0 saturated carbocycles. The summed E-state index contributed by atoms with van der Waals surface area (Å²) in [6.45, 7) is 6.45. The van der Waals surface area contributed by atoms with Gasteiger partial charge in [0.15, 0.2) is 0 Å². The SMILES string of the molecule is CC(C)(C)c1ccc(N)[nH]1. The van der Waals surface area contributed by atoms with Crippen LogP contribution < -0.4 is 5.73 Å². The lowest BCUT2D eigenvalue weighted by Crippen LogP contribution is -2.11. The van der Waals surface area contributed by atoms with Gasteiger partial charge in [0.05, 0.1) is 0 Å². The third kappa shape index (κ3) is 1.32. The highest BCUT2D eigenvalue weighted by Crippen LogP contribution is 2.21. The zero-order valence-electron chi connectivity index (χ0n) is 6.73. The maximum absolute atomic E-state index is 5.52. The molecule has 56 valence electrons. The molecule has 3 N–H and O–H groups in total. The average Bonchev–Trinajstić information content (AvgIpc) is 2.11. The van der Waals surface area contributed by atoms with Crippen LogP contribution in [0.2, 0.25) is 0 Å². The van der Waals surface area contributed by atoms with E-state index >= 15 is 0 Å². The number of hydrogen-bond acceptors (Lipinski definition) is 1. The van der Waals surface area contributed by atoms with Crippen LogP contribution in [0, 0.1) is 0 Å². The van der Waals surface area contributed by atoms with Crippen LogP contribution in [0.4, 0.5) is 5.82 Å². The summed E-state index contributed by atoms with van der Waals surface area (Å²) in [4.78, 5) is 3.09. The molecule has 0 amide bonds. The number of nitrogen functional groups attached to an aromatic ring is 1. The predicted octanol–water partition coefficient (Wildman–Crippen LogP) is 1.89. The highest BCUT2D eigenvalue weighted by molar-refractivity contribution is 5.33. The second-order valence-corrected chi connectivity index (χ2v) is 3.58. The minimum absolute atomic E-state index is 0.178. The lowest BCUT2D eigenvalue weighted by Gasteiger charge is -2.15. The number of rotatable bonds is 0. The molecule has 0 unspecified atom stereocenters. The standard InChI is InChI=1S/C8H14N2/c1-8(2,3)6-4-5-7(9)10-6/h4-5,10H,9H2,1-3H3. The summed E-state index contributed by atoms with van der Waals surface area (Å²) in [6, 6.07) is 3.91. The van der Waals surface area contributed by atoms with E-state index in [1.165, 1.54) is 5.69 Å². The number of hydrogen-bond donors (Lipinski definition) is 2. The van der Waals surface area contributed by atoms with Gasteiger partial charge in [0, 0.05) is 11.1 Å². The summed E-state index contributed by atoms with van der Waals surface area (Å²) in [6.07, 6.45) is 0. The van der Waals surface area contributed by atoms with Crippen LogP contribution in [0.5, 0.6) is 0 Å². The van der Waals surface area contributed by atoms with Crippen LogP contribution in [-0.2, 0) is 5.41 Å². The molecule has 0 aromatic carbocycles. The van der Waals surface area contributed by atoms with Crippen molar-refractivity contribution in [2.75, 3.05) is 5.73 Å². The number of aromatic amines is 1. The Bertz CT molecular complexity index is 217. The van der Waals surface area contributed by atoms with Gasteiger partial charge in [-0.3, -0.25) is 0 Å². The molecule has 0 aliphatic carbocycles. The van der Waals surface area contributed by atoms with Gasteiger partial charge in [0.25, 0.3) is 0 Å². The lowest BCUT2D eigenvalue weighted by molar-refractivity contribution is 0.573. The Morgan fingerprint density at radius 2 is 1.90 bits per heavy atom. The van der Waals surface area contributed by atoms with Crippen molar-refractivity contribution in [3.05, 3.63) is 17.8 Å². The molecule has 2 nitrogen and oxygen atoms in total. The van der Waals surface area contributed by atoms with Crippen molar-refractivity contribution in [1.29, 1.82) is 0 Å². The third-order valence-electron chi connectivity index (χ3n) is 1.52. The fourth-order valence-electron chi connectivity index (χ4n) is 0.849. The first-order valence-corrected chi connectivity index (χ1v) is 3.45. The van der Waals surface area contributed by atoms with Crippen LogP contribution in [0.15, 0.2) is 12.1 Å². The van der Waals surface area contributed by atoms with Crippen molar-refractivity contribution in [2.24, 2.45) is 0 Å². The molecule has 0 radical (unpaired) electrons. The maximum atomic E-state index is 5.52. The molecule has 0 fully saturated rings. The first kappa shape index (κ1) is 7.19. The quantitative estimate of drug-likeness (QED) is 0.564. The van der Waals surface area contributed by atoms with E-state index in [-0.39, 0.29) is 5.41 Å². The molecule has 0 atom stereocenters. The third-order valence-corrected chi connectivity index (χ3v) is 1.52. The smallest absolute Gasteiger partial charge is 0.100 e. The van der Waals surface area contributed by atoms with Gasteiger partial charge in [-0.05, 0) is 12.1 Å². The highest BCUT2D eigenvalue weighted by Gasteiger charge is 2.14. The van der Waals surface area contributed by atoms with Crippen LogP contribution in [0.1, 0.15) is 26.5 Å². The van der Waals surface area contributed by atoms with Crippen molar-refractivity contribution < 1.29 is 0 Å². The van der Waals surface area contributed by atoms with Gasteiger partial charge in [0.2, 0.25) is 0 Å². The molecule has 0 saturated heterocycles. The molecule has 10 heavy (non-hydrogen) atoms. The van der Waals surface area contributed by atoms with Gasteiger partial charge < -0.3 is 10.7 Å². The summed E-state index contributed by atoms with van der Waals surface area (Å²) in [5.74, 6) is 0.741. The number of nitrogens with two attached hydrogens (primary N) is 1. The Morgan fingerprint density at radius 3 is 2.10 bits per heavy atom. The van der Waals surface area contributed by atoms with E-state index < -0.39 is 0 Å². The van der Waals surface area contributed by atoms with Crippen LogP contribution in [-0.4, -0.2) is 4.98 Å². The molecular weight excluding hydrogens is 124 g/mol. The molecule has 1 aromatic heterocycles. The summed E-state index contributed by atoms with van der Waals surface area (Å²) in [5, 5.41) is 0. The Balaban J connectivity index is 2.96. The number of anilines is 1. The van der Waals surface area contributed by atoms with Gasteiger partial charge in [-0.1, -0.05) is 20.8 Å². The second-order valence-electron chi connectivity index (χ2n) is 3.58. The zero-order chi connectivity index (χ0) is 7.78. The highest BCUT2D eigenvalue weighted by atomic mass is 14.9.